The van der Waals surface area contributed by atoms with E-state index in [0.717, 1.165) is 18.4 Å². The number of carbonyl (C=O) groups excluding carboxylic acids is 2. The molecular weight excluding hydrogens is 436 g/mol. The van der Waals surface area contributed by atoms with E-state index in [9.17, 15) is 9.59 Å². The maximum Gasteiger partial charge on any atom is 0.248 e. The average molecular weight is 465 g/mol. The van der Waals surface area contributed by atoms with Gasteiger partial charge in [-0.1, -0.05) is 35.5 Å². The number of ether oxygens (including phenoxy) is 1. The SMILES string of the molecule is O=C1CCN(C(=O)COCc2ccccc2)CCCC(c2nc(-c3cnccn3)no2)CCN1. The topological polar surface area (TPSA) is 123 Å². The van der Waals surface area contributed by atoms with Crippen molar-refractivity contribution in [2.45, 2.75) is 38.2 Å². The van der Waals surface area contributed by atoms with E-state index in [2.05, 4.69) is 25.4 Å². The third-order valence-electron chi connectivity index (χ3n) is 5.68. The molecule has 3 heterocycles. The minimum absolute atomic E-state index is 0.0227. The molecule has 1 unspecified atom stereocenters. The van der Waals surface area contributed by atoms with Crippen molar-refractivity contribution in [3.63, 3.8) is 0 Å². The zero-order valence-electron chi connectivity index (χ0n) is 18.9. The van der Waals surface area contributed by atoms with Crippen molar-refractivity contribution in [1.82, 2.24) is 30.3 Å². The van der Waals surface area contributed by atoms with Crippen molar-refractivity contribution in [3.05, 3.63) is 60.4 Å². The molecule has 1 N–H and O–H groups in total. The third-order valence-corrected chi connectivity index (χ3v) is 5.68. The van der Waals surface area contributed by atoms with Gasteiger partial charge < -0.3 is 19.5 Å². The lowest BCUT2D eigenvalue weighted by atomic mass is 9.99. The van der Waals surface area contributed by atoms with E-state index >= 15 is 0 Å². The Labute approximate surface area is 197 Å². The summed E-state index contributed by atoms with van der Waals surface area (Å²) in [5, 5.41) is 6.96. The Morgan fingerprint density at radius 2 is 2.06 bits per heavy atom. The van der Waals surface area contributed by atoms with Gasteiger partial charge in [-0.3, -0.25) is 14.6 Å². The summed E-state index contributed by atoms with van der Waals surface area (Å²) < 4.78 is 11.1. The second-order valence-corrected chi connectivity index (χ2v) is 8.13. The van der Waals surface area contributed by atoms with Crippen LogP contribution in [-0.2, 0) is 20.9 Å². The van der Waals surface area contributed by atoms with Gasteiger partial charge in [0.05, 0.1) is 12.8 Å². The standard InChI is InChI=1S/C24H28N6O4/c31-21-9-14-30(22(32)17-33-16-18-5-2-1-3-6-18)13-4-7-19(8-10-27-21)24-28-23(29-34-24)20-15-25-11-12-26-20/h1-3,5-6,11-12,15,19H,4,7-10,13-14,16-17H2,(H,27,31). The summed E-state index contributed by atoms with van der Waals surface area (Å²) in [6.45, 7) is 1.74. The number of benzene rings is 1. The van der Waals surface area contributed by atoms with Gasteiger partial charge in [0.25, 0.3) is 0 Å². The Morgan fingerprint density at radius 3 is 2.88 bits per heavy atom. The van der Waals surface area contributed by atoms with Gasteiger partial charge in [0.15, 0.2) is 0 Å². The van der Waals surface area contributed by atoms with Crippen LogP contribution >= 0.6 is 0 Å². The van der Waals surface area contributed by atoms with Crippen LogP contribution in [0.5, 0.6) is 0 Å². The number of hydrogen-bond donors (Lipinski definition) is 1. The van der Waals surface area contributed by atoms with Crippen molar-refractivity contribution >= 4 is 11.8 Å². The molecule has 3 aromatic rings. The number of hydrogen-bond acceptors (Lipinski definition) is 8. The summed E-state index contributed by atoms with van der Waals surface area (Å²) in [5.74, 6) is 0.631. The molecule has 1 aliphatic heterocycles. The zero-order valence-corrected chi connectivity index (χ0v) is 18.9. The predicted octanol–water partition coefficient (Wildman–Crippen LogP) is 2.35. The van der Waals surface area contributed by atoms with Gasteiger partial charge in [0, 0.05) is 44.4 Å². The first kappa shape index (κ1) is 23.5. The maximum atomic E-state index is 12.8. The number of rotatable bonds is 6. The first-order chi connectivity index (χ1) is 16.7. The minimum Gasteiger partial charge on any atom is -0.367 e. The van der Waals surface area contributed by atoms with Crippen LogP contribution in [0.3, 0.4) is 0 Å². The van der Waals surface area contributed by atoms with E-state index in [0.29, 0.717) is 50.1 Å². The molecular formula is C24H28N6O4. The number of aromatic nitrogens is 4. The lowest BCUT2D eigenvalue weighted by molar-refractivity contribution is -0.137. The fourth-order valence-corrected chi connectivity index (χ4v) is 3.83. The van der Waals surface area contributed by atoms with E-state index in [1.54, 1.807) is 23.5 Å². The molecule has 0 radical (unpaired) electrons. The Bertz CT molecular complexity index is 1060. The van der Waals surface area contributed by atoms with Crippen LogP contribution in [-0.4, -0.2) is 63.1 Å². The van der Waals surface area contributed by atoms with Crippen LogP contribution < -0.4 is 5.32 Å². The lowest BCUT2D eigenvalue weighted by Gasteiger charge is -2.22. The fourth-order valence-electron chi connectivity index (χ4n) is 3.83. The highest BCUT2D eigenvalue weighted by atomic mass is 16.5. The molecule has 1 fully saturated rings. The van der Waals surface area contributed by atoms with Crippen LogP contribution in [0.2, 0.25) is 0 Å². The van der Waals surface area contributed by atoms with Crippen LogP contribution in [0.25, 0.3) is 11.5 Å². The monoisotopic (exact) mass is 464 g/mol. The summed E-state index contributed by atoms with van der Waals surface area (Å²) >= 11 is 0. The predicted molar refractivity (Wildman–Crippen MR) is 122 cm³/mol. The summed E-state index contributed by atoms with van der Waals surface area (Å²) in [5.41, 5.74) is 1.55. The minimum atomic E-state index is -0.123. The van der Waals surface area contributed by atoms with Crippen LogP contribution in [0.4, 0.5) is 0 Å². The number of amides is 2. The van der Waals surface area contributed by atoms with E-state index in [4.69, 9.17) is 9.26 Å². The fraction of sp³-hybridized carbons (Fsp3) is 0.417. The van der Waals surface area contributed by atoms with Gasteiger partial charge in [-0.2, -0.15) is 4.98 Å². The van der Waals surface area contributed by atoms with Crippen molar-refractivity contribution in [3.8, 4) is 11.5 Å². The van der Waals surface area contributed by atoms with Gasteiger partial charge in [0.2, 0.25) is 23.5 Å². The third kappa shape index (κ3) is 6.67. The molecule has 0 spiro atoms. The average Bonchev–Trinajstić information content (AvgIpc) is 3.35. The Balaban J connectivity index is 1.35. The highest BCUT2D eigenvalue weighted by molar-refractivity contribution is 5.79. The van der Waals surface area contributed by atoms with Crippen molar-refractivity contribution in [2.75, 3.05) is 26.2 Å². The number of carbonyl (C=O) groups is 2. The normalized spacial score (nSPS) is 17.6. The van der Waals surface area contributed by atoms with E-state index in [1.807, 2.05) is 30.3 Å². The van der Waals surface area contributed by atoms with Gasteiger partial charge >= 0.3 is 0 Å². The summed E-state index contributed by atoms with van der Waals surface area (Å²) in [6, 6.07) is 9.71. The summed E-state index contributed by atoms with van der Waals surface area (Å²) in [7, 11) is 0. The Kier molecular flexibility index (Phi) is 8.28. The summed E-state index contributed by atoms with van der Waals surface area (Å²) in [4.78, 5) is 39.5. The second kappa shape index (κ2) is 12.0. The smallest absolute Gasteiger partial charge is 0.248 e. The van der Waals surface area contributed by atoms with E-state index < -0.39 is 0 Å². The van der Waals surface area contributed by atoms with Crippen molar-refractivity contribution in [1.29, 1.82) is 0 Å². The molecule has 178 valence electrons. The highest BCUT2D eigenvalue weighted by Gasteiger charge is 2.23. The molecule has 10 nitrogen and oxygen atoms in total. The molecule has 2 aromatic heterocycles. The molecule has 4 rings (SSSR count). The molecule has 0 aliphatic carbocycles. The van der Waals surface area contributed by atoms with Crippen LogP contribution in [0.15, 0.2) is 53.4 Å². The first-order valence-corrected chi connectivity index (χ1v) is 11.4. The number of nitrogens with zero attached hydrogens (tertiary/aromatic N) is 5. The van der Waals surface area contributed by atoms with E-state index in [-0.39, 0.29) is 30.8 Å². The van der Waals surface area contributed by atoms with Crippen molar-refractivity contribution in [2.24, 2.45) is 0 Å². The molecule has 0 bridgehead atoms. The molecule has 2 amide bonds. The first-order valence-electron chi connectivity index (χ1n) is 11.4. The molecule has 10 heteroatoms. The molecule has 1 atom stereocenters. The Hall–Kier alpha value is -3.66. The van der Waals surface area contributed by atoms with Gasteiger partial charge in [-0.05, 0) is 24.8 Å². The summed E-state index contributed by atoms with van der Waals surface area (Å²) in [6.07, 6.45) is 7.14. The molecule has 1 aliphatic rings. The molecule has 1 aromatic carbocycles. The quantitative estimate of drug-likeness (QED) is 0.590. The largest absolute Gasteiger partial charge is 0.367 e. The van der Waals surface area contributed by atoms with Gasteiger partial charge in [0.1, 0.15) is 12.3 Å². The van der Waals surface area contributed by atoms with E-state index in [1.165, 1.54) is 0 Å². The molecule has 1 saturated heterocycles. The van der Waals surface area contributed by atoms with Gasteiger partial charge in [-0.25, -0.2) is 4.98 Å². The number of nitrogens with one attached hydrogen (secondary N) is 1. The van der Waals surface area contributed by atoms with Gasteiger partial charge in [-0.15, -0.1) is 0 Å². The molecule has 0 saturated carbocycles. The van der Waals surface area contributed by atoms with Crippen LogP contribution in [0.1, 0.15) is 43.1 Å². The zero-order chi connectivity index (χ0) is 23.6. The molecule has 34 heavy (non-hydrogen) atoms. The van der Waals surface area contributed by atoms with Crippen LogP contribution in [0, 0.1) is 0 Å². The highest BCUT2D eigenvalue weighted by Crippen LogP contribution is 2.25. The maximum absolute atomic E-state index is 12.8. The second-order valence-electron chi connectivity index (χ2n) is 8.13. The lowest BCUT2D eigenvalue weighted by Crippen LogP contribution is -2.37. The van der Waals surface area contributed by atoms with Crippen molar-refractivity contribution < 1.29 is 18.8 Å². The Morgan fingerprint density at radius 1 is 1.18 bits per heavy atom.